The lowest BCUT2D eigenvalue weighted by atomic mass is 10.2. The molecule has 0 saturated carbocycles. The van der Waals surface area contributed by atoms with E-state index in [1.165, 1.54) is 4.68 Å². The number of aromatic nitrogens is 4. The average molecular weight is 301 g/mol. The Morgan fingerprint density at radius 2 is 2.21 bits per heavy atom. The number of carbonyl (C=O) groups is 1. The van der Waals surface area contributed by atoms with Crippen molar-refractivity contribution < 1.29 is 9.53 Å². The van der Waals surface area contributed by atoms with Crippen LogP contribution < -0.4 is 0 Å². The van der Waals surface area contributed by atoms with E-state index >= 15 is 0 Å². The van der Waals surface area contributed by atoms with E-state index in [2.05, 4.69) is 15.5 Å². The molecule has 0 amide bonds. The van der Waals surface area contributed by atoms with Crippen molar-refractivity contribution in [1.82, 2.24) is 20.2 Å². The molecule has 0 saturated heterocycles. The van der Waals surface area contributed by atoms with Gasteiger partial charge in [-0.2, -0.15) is 0 Å². The molecule has 19 heavy (non-hydrogen) atoms. The second kappa shape index (κ2) is 5.99. The summed E-state index contributed by atoms with van der Waals surface area (Å²) in [6, 6.07) is 5.05. The summed E-state index contributed by atoms with van der Waals surface area (Å²) in [5.74, 6) is -0.552. The first kappa shape index (κ1) is 13.8. The highest BCUT2D eigenvalue weighted by Crippen LogP contribution is 2.21. The van der Waals surface area contributed by atoms with Crippen molar-refractivity contribution in [3.8, 4) is 0 Å². The van der Waals surface area contributed by atoms with Crippen LogP contribution in [0.25, 0.3) is 0 Å². The van der Waals surface area contributed by atoms with Gasteiger partial charge in [-0.25, -0.2) is 9.48 Å². The van der Waals surface area contributed by atoms with Crippen LogP contribution in [0, 0.1) is 0 Å². The lowest BCUT2D eigenvalue weighted by Crippen LogP contribution is -2.15. The summed E-state index contributed by atoms with van der Waals surface area (Å²) in [5.41, 5.74) is 0.715. The first-order chi connectivity index (χ1) is 9.11. The third-order valence-electron chi connectivity index (χ3n) is 2.32. The summed E-state index contributed by atoms with van der Waals surface area (Å²) in [7, 11) is 0. The Bertz CT molecular complexity index is 600. The van der Waals surface area contributed by atoms with Crippen molar-refractivity contribution >= 4 is 29.2 Å². The standard InChI is InChI=1S/C11H10Cl2N4O2/c1-2-19-11(18)10-14-15-16-17(10)6-7-5-8(12)3-4-9(7)13/h3-5H,2,6H2,1H3. The Labute approximate surface area is 119 Å². The molecule has 1 aromatic carbocycles. The van der Waals surface area contributed by atoms with Crippen LogP contribution in [-0.4, -0.2) is 32.8 Å². The second-order valence-corrected chi connectivity index (χ2v) is 4.46. The number of hydrogen-bond donors (Lipinski definition) is 0. The molecule has 2 rings (SSSR count). The maximum absolute atomic E-state index is 11.6. The topological polar surface area (TPSA) is 69.9 Å². The maximum Gasteiger partial charge on any atom is 0.378 e. The molecule has 0 aliphatic carbocycles. The lowest BCUT2D eigenvalue weighted by Gasteiger charge is -2.06. The molecule has 0 bridgehead atoms. The predicted molar refractivity (Wildman–Crippen MR) is 69.3 cm³/mol. The number of hydrogen-bond acceptors (Lipinski definition) is 5. The van der Waals surface area contributed by atoms with Crippen LogP contribution in [0.5, 0.6) is 0 Å². The Hall–Kier alpha value is -1.66. The molecule has 1 aromatic heterocycles. The minimum Gasteiger partial charge on any atom is -0.460 e. The van der Waals surface area contributed by atoms with Crippen LogP contribution in [0.3, 0.4) is 0 Å². The van der Waals surface area contributed by atoms with Gasteiger partial charge >= 0.3 is 5.97 Å². The summed E-state index contributed by atoms with van der Waals surface area (Å²) in [5, 5.41) is 11.9. The Morgan fingerprint density at radius 1 is 1.42 bits per heavy atom. The van der Waals surface area contributed by atoms with E-state index in [0.29, 0.717) is 15.6 Å². The number of halogens is 2. The first-order valence-corrected chi connectivity index (χ1v) is 6.24. The molecule has 0 atom stereocenters. The van der Waals surface area contributed by atoms with Gasteiger partial charge in [-0.3, -0.25) is 0 Å². The number of ether oxygens (including phenoxy) is 1. The SMILES string of the molecule is CCOC(=O)c1nnnn1Cc1cc(Cl)ccc1Cl. The van der Waals surface area contributed by atoms with Crippen LogP contribution in [0.1, 0.15) is 23.1 Å². The predicted octanol–water partition coefficient (Wildman–Crippen LogP) is 2.20. The van der Waals surface area contributed by atoms with Gasteiger partial charge in [0.2, 0.25) is 0 Å². The van der Waals surface area contributed by atoms with Crippen molar-refractivity contribution in [3.05, 3.63) is 39.6 Å². The summed E-state index contributed by atoms with van der Waals surface area (Å²) in [6.45, 7) is 2.20. The Balaban J connectivity index is 2.26. The fourth-order valence-corrected chi connectivity index (χ4v) is 1.85. The molecule has 1 heterocycles. The van der Waals surface area contributed by atoms with E-state index in [1.807, 2.05) is 0 Å². The summed E-state index contributed by atoms with van der Waals surface area (Å²) in [4.78, 5) is 11.6. The molecule has 100 valence electrons. The highest BCUT2D eigenvalue weighted by Gasteiger charge is 2.17. The summed E-state index contributed by atoms with van der Waals surface area (Å²) < 4.78 is 6.17. The molecular weight excluding hydrogens is 291 g/mol. The van der Waals surface area contributed by atoms with E-state index in [0.717, 1.165) is 0 Å². The van der Waals surface area contributed by atoms with Gasteiger partial charge < -0.3 is 4.74 Å². The Morgan fingerprint density at radius 3 is 2.95 bits per heavy atom. The van der Waals surface area contributed by atoms with E-state index in [9.17, 15) is 4.79 Å². The molecule has 2 aromatic rings. The zero-order valence-corrected chi connectivity index (χ0v) is 11.5. The normalized spacial score (nSPS) is 10.5. The first-order valence-electron chi connectivity index (χ1n) is 5.49. The van der Waals surface area contributed by atoms with Crippen molar-refractivity contribution in [2.75, 3.05) is 6.61 Å². The zero-order valence-electron chi connectivity index (χ0n) is 10.0. The van der Waals surface area contributed by atoms with Crippen LogP contribution in [-0.2, 0) is 11.3 Å². The molecular formula is C11H10Cl2N4O2. The molecule has 0 fully saturated rings. The van der Waals surface area contributed by atoms with Crippen LogP contribution in [0.2, 0.25) is 10.0 Å². The van der Waals surface area contributed by atoms with Gasteiger partial charge in [-0.1, -0.05) is 23.2 Å². The van der Waals surface area contributed by atoms with Gasteiger partial charge in [0.05, 0.1) is 13.2 Å². The highest BCUT2D eigenvalue weighted by molar-refractivity contribution is 6.33. The molecule has 0 aliphatic rings. The average Bonchev–Trinajstić information content (AvgIpc) is 2.82. The van der Waals surface area contributed by atoms with Gasteiger partial charge in [0.1, 0.15) is 0 Å². The highest BCUT2D eigenvalue weighted by atomic mass is 35.5. The number of esters is 1. The molecule has 6 nitrogen and oxygen atoms in total. The number of rotatable bonds is 4. The molecule has 0 aliphatic heterocycles. The van der Waals surface area contributed by atoms with E-state index in [4.69, 9.17) is 27.9 Å². The number of benzene rings is 1. The molecule has 0 N–H and O–H groups in total. The van der Waals surface area contributed by atoms with E-state index in [1.54, 1.807) is 25.1 Å². The monoisotopic (exact) mass is 300 g/mol. The Kier molecular flexibility index (Phi) is 4.34. The molecule has 0 unspecified atom stereocenters. The molecule has 0 spiro atoms. The van der Waals surface area contributed by atoms with Crippen LogP contribution in [0.4, 0.5) is 0 Å². The smallest absolute Gasteiger partial charge is 0.378 e. The van der Waals surface area contributed by atoms with Gasteiger partial charge in [0, 0.05) is 10.0 Å². The molecule has 8 heteroatoms. The van der Waals surface area contributed by atoms with E-state index in [-0.39, 0.29) is 19.0 Å². The van der Waals surface area contributed by atoms with Gasteiger partial charge in [0.15, 0.2) is 0 Å². The van der Waals surface area contributed by atoms with Crippen molar-refractivity contribution in [1.29, 1.82) is 0 Å². The minimum atomic E-state index is -0.578. The van der Waals surface area contributed by atoms with Gasteiger partial charge in [0.25, 0.3) is 5.82 Å². The largest absolute Gasteiger partial charge is 0.460 e. The summed E-state index contributed by atoms with van der Waals surface area (Å²) >= 11 is 11.9. The van der Waals surface area contributed by atoms with Gasteiger partial charge in [-0.15, -0.1) is 5.10 Å². The van der Waals surface area contributed by atoms with Crippen molar-refractivity contribution in [2.24, 2.45) is 0 Å². The number of tetrazole rings is 1. The maximum atomic E-state index is 11.6. The van der Waals surface area contributed by atoms with Gasteiger partial charge in [-0.05, 0) is 41.1 Å². The zero-order chi connectivity index (χ0) is 13.8. The van der Waals surface area contributed by atoms with Crippen LogP contribution >= 0.6 is 23.2 Å². The third kappa shape index (κ3) is 3.21. The number of nitrogens with zero attached hydrogens (tertiary/aromatic N) is 4. The number of carbonyl (C=O) groups excluding carboxylic acids is 1. The summed E-state index contributed by atoms with van der Waals surface area (Å²) in [6.07, 6.45) is 0. The third-order valence-corrected chi connectivity index (χ3v) is 2.92. The quantitative estimate of drug-likeness (QED) is 0.810. The fourth-order valence-electron chi connectivity index (χ4n) is 1.48. The van der Waals surface area contributed by atoms with Crippen molar-refractivity contribution in [3.63, 3.8) is 0 Å². The second-order valence-electron chi connectivity index (χ2n) is 3.62. The van der Waals surface area contributed by atoms with E-state index < -0.39 is 5.97 Å². The minimum absolute atomic E-state index is 0.0258. The molecule has 0 radical (unpaired) electrons. The lowest BCUT2D eigenvalue weighted by molar-refractivity contribution is 0.0505. The van der Waals surface area contributed by atoms with Crippen molar-refractivity contribution in [2.45, 2.75) is 13.5 Å². The van der Waals surface area contributed by atoms with Crippen LogP contribution in [0.15, 0.2) is 18.2 Å². The fraction of sp³-hybridized carbons (Fsp3) is 0.273.